The minimum absolute atomic E-state index is 0.0790. The van der Waals surface area contributed by atoms with Crippen LogP contribution < -0.4 is 10.1 Å². The van der Waals surface area contributed by atoms with E-state index in [-0.39, 0.29) is 17.7 Å². The van der Waals surface area contributed by atoms with E-state index >= 15 is 0 Å². The van der Waals surface area contributed by atoms with Gasteiger partial charge in [0.05, 0.1) is 11.1 Å². The van der Waals surface area contributed by atoms with Crippen molar-refractivity contribution in [1.82, 2.24) is 5.32 Å². The fourth-order valence-corrected chi connectivity index (χ4v) is 2.57. The van der Waals surface area contributed by atoms with Crippen molar-refractivity contribution < 1.29 is 9.84 Å². The SMILES string of the molecule is CC(C)(C)NCc1ccc(OC2CCCC2O)c(Cl)c1. The zero-order valence-electron chi connectivity index (χ0n) is 12.4. The molecule has 1 aromatic rings. The summed E-state index contributed by atoms with van der Waals surface area (Å²) in [7, 11) is 0. The Morgan fingerprint density at radius 1 is 1.35 bits per heavy atom. The Labute approximate surface area is 126 Å². The molecule has 112 valence electrons. The van der Waals surface area contributed by atoms with Crippen LogP contribution in [0.15, 0.2) is 18.2 Å². The molecule has 3 nitrogen and oxygen atoms in total. The highest BCUT2D eigenvalue weighted by molar-refractivity contribution is 6.32. The van der Waals surface area contributed by atoms with Gasteiger partial charge in [-0.15, -0.1) is 0 Å². The third-order valence-corrected chi connectivity index (χ3v) is 3.81. The molecule has 0 amide bonds. The lowest BCUT2D eigenvalue weighted by Gasteiger charge is -2.21. The average Bonchev–Trinajstić information content (AvgIpc) is 2.75. The maximum absolute atomic E-state index is 9.79. The summed E-state index contributed by atoms with van der Waals surface area (Å²) >= 11 is 6.27. The third kappa shape index (κ3) is 4.37. The van der Waals surface area contributed by atoms with Crippen molar-refractivity contribution in [3.8, 4) is 5.75 Å². The van der Waals surface area contributed by atoms with Crippen LogP contribution >= 0.6 is 11.6 Å². The second-order valence-electron chi connectivity index (χ2n) is 6.52. The van der Waals surface area contributed by atoms with E-state index in [0.29, 0.717) is 10.8 Å². The summed E-state index contributed by atoms with van der Waals surface area (Å²) in [4.78, 5) is 0. The lowest BCUT2D eigenvalue weighted by Crippen LogP contribution is -2.35. The molecule has 1 aliphatic carbocycles. The molecule has 20 heavy (non-hydrogen) atoms. The Bertz CT molecular complexity index is 456. The van der Waals surface area contributed by atoms with Gasteiger partial charge in [0.2, 0.25) is 0 Å². The molecule has 2 rings (SSSR count). The van der Waals surface area contributed by atoms with Gasteiger partial charge in [-0.05, 0) is 57.7 Å². The summed E-state index contributed by atoms with van der Waals surface area (Å²) in [5.74, 6) is 0.664. The number of hydrogen-bond donors (Lipinski definition) is 2. The maximum Gasteiger partial charge on any atom is 0.138 e. The normalized spacial score (nSPS) is 23.1. The smallest absolute Gasteiger partial charge is 0.138 e. The van der Waals surface area contributed by atoms with E-state index in [2.05, 4.69) is 26.1 Å². The fraction of sp³-hybridized carbons (Fsp3) is 0.625. The van der Waals surface area contributed by atoms with Gasteiger partial charge in [0.1, 0.15) is 11.9 Å². The van der Waals surface area contributed by atoms with E-state index < -0.39 is 0 Å². The Hall–Kier alpha value is -0.770. The molecule has 0 radical (unpaired) electrons. The van der Waals surface area contributed by atoms with Crippen LogP contribution in [-0.2, 0) is 6.54 Å². The number of rotatable bonds is 4. The first-order valence-electron chi connectivity index (χ1n) is 7.23. The zero-order chi connectivity index (χ0) is 14.8. The van der Waals surface area contributed by atoms with Crippen molar-refractivity contribution in [1.29, 1.82) is 0 Å². The van der Waals surface area contributed by atoms with Crippen molar-refractivity contribution in [3.63, 3.8) is 0 Å². The van der Waals surface area contributed by atoms with Crippen LogP contribution in [0.1, 0.15) is 45.6 Å². The largest absolute Gasteiger partial charge is 0.486 e. The Kier molecular flexibility index (Phi) is 4.95. The van der Waals surface area contributed by atoms with Gasteiger partial charge in [-0.1, -0.05) is 17.7 Å². The molecule has 1 fully saturated rings. The topological polar surface area (TPSA) is 41.5 Å². The van der Waals surface area contributed by atoms with Gasteiger partial charge in [-0.2, -0.15) is 0 Å². The average molecular weight is 298 g/mol. The molecule has 0 aromatic heterocycles. The van der Waals surface area contributed by atoms with Crippen LogP contribution in [0.5, 0.6) is 5.75 Å². The minimum atomic E-state index is -0.367. The molecule has 1 saturated carbocycles. The van der Waals surface area contributed by atoms with Gasteiger partial charge in [-0.25, -0.2) is 0 Å². The van der Waals surface area contributed by atoms with Crippen LogP contribution in [-0.4, -0.2) is 22.9 Å². The third-order valence-electron chi connectivity index (χ3n) is 3.52. The molecule has 0 saturated heterocycles. The Morgan fingerprint density at radius 2 is 2.10 bits per heavy atom. The lowest BCUT2D eigenvalue weighted by molar-refractivity contribution is 0.0604. The van der Waals surface area contributed by atoms with E-state index in [9.17, 15) is 5.11 Å². The van der Waals surface area contributed by atoms with E-state index in [1.807, 2.05) is 18.2 Å². The van der Waals surface area contributed by atoms with E-state index in [4.69, 9.17) is 16.3 Å². The Morgan fingerprint density at radius 3 is 2.65 bits per heavy atom. The minimum Gasteiger partial charge on any atom is -0.486 e. The molecule has 2 atom stereocenters. The van der Waals surface area contributed by atoms with Crippen LogP contribution in [0, 0.1) is 0 Å². The van der Waals surface area contributed by atoms with Crippen LogP contribution in [0.4, 0.5) is 0 Å². The second kappa shape index (κ2) is 6.33. The predicted molar refractivity (Wildman–Crippen MR) is 82.3 cm³/mol. The lowest BCUT2D eigenvalue weighted by atomic mass is 10.1. The summed E-state index contributed by atoms with van der Waals surface area (Å²) in [6.45, 7) is 7.17. The van der Waals surface area contributed by atoms with Gasteiger partial charge in [0.25, 0.3) is 0 Å². The summed E-state index contributed by atoms with van der Waals surface area (Å²) < 4.78 is 5.82. The molecule has 0 aliphatic heterocycles. The number of nitrogens with one attached hydrogen (secondary N) is 1. The standard InChI is InChI=1S/C16H24ClNO2/c1-16(2,3)18-10-11-7-8-14(12(17)9-11)20-15-6-4-5-13(15)19/h7-9,13,15,18-19H,4-6,10H2,1-3H3. The van der Waals surface area contributed by atoms with Gasteiger partial charge in [0, 0.05) is 12.1 Å². The van der Waals surface area contributed by atoms with Gasteiger partial charge < -0.3 is 15.2 Å². The van der Waals surface area contributed by atoms with Gasteiger partial charge in [-0.3, -0.25) is 0 Å². The molecule has 2 N–H and O–H groups in total. The number of ether oxygens (including phenoxy) is 1. The number of halogens is 1. The monoisotopic (exact) mass is 297 g/mol. The molecule has 0 bridgehead atoms. The van der Waals surface area contributed by atoms with Crippen molar-refractivity contribution >= 4 is 11.6 Å². The van der Waals surface area contributed by atoms with Crippen LogP contribution in [0.25, 0.3) is 0 Å². The van der Waals surface area contributed by atoms with Gasteiger partial charge in [0.15, 0.2) is 0 Å². The quantitative estimate of drug-likeness (QED) is 0.893. The molecule has 0 spiro atoms. The Balaban J connectivity index is 1.98. The first-order valence-corrected chi connectivity index (χ1v) is 7.61. The van der Waals surface area contributed by atoms with Crippen LogP contribution in [0.2, 0.25) is 5.02 Å². The second-order valence-corrected chi connectivity index (χ2v) is 6.93. The van der Waals surface area contributed by atoms with Crippen molar-refractivity contribution in [3.05, 3.63) is 28.8 Å². The molecule has 1 aliphatic rings. The molecule has 1 aromatic carbocycles. The van der Waals surface area contributed by atoms with Crippen molar-refractivity contribution in [2.24, 2.45) is 0 Å². The first kappa shape index (κ1) is 15.6. The number of hydrogen-bond acceptors (Lipinski definition) is 3. The molecule has 4 heteroatoms. The zero-order valence-corrected chi connectivity index (χ0v) is 13.2. The summed E-state index contributed by atoms with van der Waals surface area (Å²) in [6, 6.07) is 5.84. The molecule has 2 unspecified atom stereocenters. The van der Waals surface area contributed by atoms with Crippen molar-refractivity contribution in [2.75, 3.05) is 0 Å². The molecular formula is C16H24ClNO2. The highest BCUT2D eigenvalue weighted by Gasteiger charge is 2.27. The number of aliphatic hydroxyl groups is 1. The number of benzene rings is 1. The van der Waals surface area contributed by atoms with Crippen molar-refractivity contribution in [2.45, 2.75) is 64.3 Å². The van der Waals surface area contributed by atoms with Gasteiger partial charge >= 0.3 is 0 Å². The highest BCUT2D eigenvalue weighted by atomic mass is 35.5. The first-order chi connectivity index (χ1) is 9.35. The summed E-state index contributed by atoms with van der Waals surface area (Å²) in [5.41, 5.74) is 1.21. The number of aliphatic hydroxyl groups excluding tert-OH is 1. The fourth-order valence-electron chi connectivity index (χ4n) is 2.32. The van der Waals surface area contributed by atoms with E-state index in [0.717, 1.165) is 31.4 Å². The van der Waals surface area contributed by atoms with E-state index in [1.54, 1.807) is 0 Å². The van der Waals surface area contributed by atoms with Crippen LogP contribution in [0.3, 0.4) is 0 Å². The maximum atomic E-state index is 9.79. The summed E-state index contributed by atoms with van der Waals surface area (Å²) in [6.07, 6.45) is 2.23. The highest BCUT2D eigenvalue weighted by Crippen LogP contribution is 2.30. The molecular weight excluding hydrogens is 274 g/mol. The predicted octanol–water partition coefficient (Wildman–Crippen LogP) is 3.52. The summed E-state index contributed by atoms with van der Waals surface area (Å²) in [5, 5.41) is 13.8. The van der Waals surface area contributed by atoms with E-state index in [1.165, 1.54) is 0 Å². The molecule has 0 heterocycles.